The van der Waals surface area contributed by atoms with Crippen molar-refractivity contribution in [3.8, 4) is 0 Å². The number of carbonyl (C=O) groups excluding carboxylic acids is 3. The Hall–Kier alpha value is -2.19. The van der Waals surface area contributed by atoms with Gasteiger partial charge in [0.25, 0.3) is 0 Å². The molecule has 0 saturated carbocycles. The van der Waals surface area contributed by atoms with E-state index in [0.717, 1.165) is 19.3 Å². The van der Waals surface area contributed by atoms with Crippen molar-refractivity contribution in [3.63, 3.8) is 0 Å². The molecular formula is C29H46N2O6. The second-order valence-corrected chi connectivity index (χ2v) is 11.5. The van der Waals surface area contributed by atoms with Crippen molar-refractivity contribution >= 4 is 17.8 Å². The van der Waals surface area contributed by atoms with Gasteiger partial charge in [-0.3, -0.25) is 14.4 Å². The second kappa shape index (κ2) is 11.7. The number of ether oxygens (including phenoxy) is 2. The molecule has 1 N–H and O–H groups in total. The van der Waals surface area contributed by atoms with Gasteiger partial charge in [-0.15, -0.1) is 13.2 Å². The molecule has 3 heterocycles. The normalized spacial score (nSPS) is 32.9. The molecule has 0 radical (unpaired) electrons. The Kier molecular flexibility index (Phi) is 9.27. The first-order chi connectivity index (χ1) is 17.5. The average molecular weight is 519 g/mol. The molecule has 37 heavy (non-hydrogen) atoms. The fourth-order valence-electron chi connectivity index (χ4n) is 6.80. The third-order valence-electron chi connectivity index (χ3n) is 8.81. The van der Waals surface area contributed by atoms with Gasteiger partial charge in [-0.25, -0.2) is 0 Å². The van der Waals surface area contributed by atoms with E-state index >= 15 is 0 Å². The van der Waals surface area contributed by atoms with Crippen LogP contribution in [0.15, 0.2) is 25.3 Å². The van der Waals surface area contributed by atoms with Crippen LogP contribution in [-0.2, 0) is 23.9 Å². The highest BCUT2D eigenvalue weighted by atomic mass is 16.6. The number of aliphatic hydroxyl groups is 1. The molecule has 3 fully saturated rings. The average Bonchev–Trinajstić information content (AvgIpc) is 3.36. The van der Waals surface area contributed by atoms with Crippen molar-refractivity contribution in [1.82, 2.24) is 9.80 Å². The smallest absolute Gasteiger partial charge is 0.312 e. The van der Waals surface area contributed by atoms with Crippen LogP contribution in [-0.4, -0.2) is 82.3 Å². The van der Waals surface area contributed by atoms with E-state index in [-0.39, 0.29) is 36.9 Å². The fraction of sp³-hybridized carbons (Fsp3) is 0.759. The first-order valence-corrected chi connectivity index (χ1v) is 13.9. The number of likely N-dealkylation sites (tertiary alicyclic amines) is 1. The number of carbonyl (C=O) groups is 3. The van der Waals surface area contributed by atoms with Gasteiger partial charge in [0.05, 0.1) is 30.8 Å². The summed E-state index contributed by atoms with van der Waals surface area (Å²) >= 11 is 0. The number of hydrogen-bond acceptors (Lipinski definition) is 6. The van der Waals surface area contributed by atoms with Crippen LogP contribution in [0.5, 0.6) is 0 Å². The van der Waals surface area contributed by atoms with E-state index < -0.39 is 41.1 Å². The molecule has 2 amide bonds. The summed E-state index contributed by atoms with van der Waals surface area (Å²) in [6.07, 6.45) is 7.21. The van der Waals surface area contributed by atoms with E-state index in [9.17, 15) is 19.5 Å². The maximum absolute atomic E-state index is 14.3. The van der Waals surface area contributed by atoms with E-state index in [1.807, 2.05) is 27.7 Å². The molecule has 3 aliphatic heterocycles. The van der Waals surface area contributed by atoms with Crippen molar-refractivity contribution < 1.29 is 29.0 Å². The number of esters is 1. The SMILES string of the molecule is C=CCCOC(=O)[C@H]1[C@H]2C(=O)N([C@@H](CO)C(C)C)C(C(=O)N(CC=C)CCCCC)C23CC(C)[C@]1(C)O3. The molecule has 0 aromatic carbocycles. The zero-order valence-corrected chi connectivity index (χ0v) is 23.3. The number of aliphatic hydroxyl groups excluding tert-OH is 1. The van der Waals surface area contributed by atoms with Gasteiger partial charge in [0.2, 0.25) is 11.8 Å². The van der Waals surface area contributed by atoms with Crippen LogP contribution in [0.4, 0.5) is 0 Å². The summed E-state index contributed by atoms with van der Waals surface area (Å²) in [6.45, 7) is 18.2. The lowest BCUT2D eigenvalue weighted by Gasteiger charge is -2.40. The topological polar surface area (TPSA) is 96.4 Å². The van der Waals surface area contributed by atoms with Gasteiger partial charge < -0.3 is 24.4 Å². The molecule has 208 valence electrons. The first kappa shape index (κ1) is 29.4. The molecule has 7 atom stereocenters. The summed E-state index contributed by atoms with van der Waals surface area (Å²) in [4.78, 5) is 45.3. The van der Waals surface area contributed by atoms with Crippen LogP contribution < -0.4 is 0 Å². The van der Waals surface area contributed by atoms with E-state index in [0.29, 0.717) is 25.9 Å². The Morgan fingerprint density at radius 2 is 2.00 bits per heavy atom. The Balaban J connectivity index is 2.10. The number of rotatable bonds is 14. The van der Waals surface area contributed by atoms with Crippen molar-refractivity contribution in [1.29, 1.82) is 0 Å². The minimum absolute atomic E-state index is 0.0664. The summed E-state index contributed by atoms with van der Waals surface area (Å²) in [5.74, 6) is -2.82. The Bertz CT molecular complexity index is 890. The maximum Gasteiger partial charge on any atom is 0.312 e. The van der Waals surface area contributed by atoms with Crippen LogP contribution in [0, 0.1) is 23.7 Å². The monoisotopic (exact) mass is 518 g/mol. The minimum atomic E-state index is -1.16. The van der Waals surface area contributed by atoms with Crippen LogP contribution in [0.2, 0.25) is 0 Å². The van der Waals surface area contributed by atoms with Crippen molar-refractivity contribution in [2.75, 3.05) is 26.3 Å². The molecule has 0 aromatic heterocycles. The molecule has 2 bridgehead atoms. The third-order valence-corrected chi connectivity index (χ3v) is 8.81. The predicted octanol–water partition coefficient (Wildman–Crippen LogP) is 3.34. The van der Waals surface area contributed by atoms with Crippen LogP contribution >= 0.6 is 0 Å². The van der Waals surface area contributed by atoms with Gasteiger partial charge in [0.1, 0.15) is 17.6 Å². The molecule has 3 saturated heterocycles. The standard InChI is InChI=1S/C29H46N2O6/c1-8-11-13-15-30(14-10-3)26(34)24-29-17-20(6)28(7,37-29)23(27(35)36-16-12-9-2)22(29)25(33)31(24)21(18-32)19(4)5/h9-10,19-24,32H,2-3,8,11-18H2,1,4-7H3/t20?,21-,22-,23+,24?,28-,29?/m0/s1. The summed E-state index contributed by atoms with van der Waals surface area (Å²) in [5.41, 5.74) is -2.08. The lowest BCUT2D eigenvalue weighted by molar-refractivity contribution is -0.164. The third kappa shape index (κ3) is 4.87. The molecule has 0 aliphatic carbocycles. The number of nitrogens with zero attached hydrogens (tertiary/aromatic N) is 2. The first-order valence-electron chi connectivity index (χ1n) is 13.9. The number of amides is 2. The molecule has 3 unspecified atom stereocenters. The number of fused-ring (bicyclic) bond motifs is 1. The summed E-state index contributed by atoms with van der Waals surface area (Å²) in [7, 11) is 0. The maximum atomic E-state index is 14.3. The fourth-order valence-corrected chi connectivity index (χ4v) is 6.80. The van der Waals surface area contributed by atoms with Crippen LogP contribution in [0.25, 0.3) is 0 Å². The summed E-state index contributed by atoms with van der Waals surface area (Å²) in [6, 6.07) is -1.51. The van der Waals surface area contributed by atoms with Crippen LogP contribution in [0.3, 0.4) is 0 Å². The van der Waals surface area contributed by atoms with Gasteiger partial charge in [0.15, 0.2) is 0 Å². The molecule has 3 rings (SSSR count). The van der Waals surface area contributed by atoms with Gasteiger partial charge in [-0.05, 0) is 38.0 Å². The largest absolute Gasteiger partial charge is 0.465 e. The summed E-state index contributed by atoms with van der Waals surface area (Å²) in [5, 5.41) is 10.4. The van der Waals surface area contributed by atoms with Crippen molar-refractivity contribution in [2.24, 2.45) is 23.7 Å². The van der Waals surface area contributed by atoms with Gasteiger partial charge in [-0.1, -0.05) is 52.7 Å². The van der Waals surface area contributed by atoms with Crippen molar-refractivity contribution in [3.05, 3.63) is 25.3 Å². The second-order valence-electron chi connectivity index (χ2n) is 11.5. The Morgan fingerprint density at radius 1 is 1.30 bits per heavy atom. The van der Waals surface area contributed by atoms with E-state index in [1.54, 1.807) is 22.0 Å². The lowest BCUT2D eigenvalue weighted by atomic mass is 9.62. The van der Waals surface area contributed by atoms with Crippen LogP contribution in [0.1, 0.15) is 66.7 Å². The molecular weight excluding hydrogens is 472 g/mol. The van der Waals surface area contributed by atoms with Gasteiger partial charge in [0, 0.05) is 13.1 Å². The van der Waals surface area contributed by atoms with Gasteiger partial charge >= 0.3 is 5.97 Å². The highest BCUT2D eigenvalue weighted by Gasteiger charge is 2.80. The van der Waals surface area contributed by atoms with Crippen molar-refractivity contribution in [2.45, 2.75) is 90.0 Å². The molecule has 3 aliphatic rings. The Labute approximate surface area is 222 Å². The highest BCUT2D eigenvalue weighted by molar-refractivity contribution is 5.98. The zero-order chi connectivity index (χ0) is 27.5. The molecule has 8 heteroatoms. The van der Waals surface area contributed by atoms with Gasteiger partial charge in [-0.2, -0.15) is 0 Å². The highest BCUT2D eigenvalue weighted by Crippen LogP contribution is 2.65. The number of unbranched alkanes of at least 4 members (excludes halogenated alkanes) is 2. The molecule has 8 nitrogen and oxygen atoms in total. The zero-order valence-electron chi connectivity index (χ0n) is 23.3. The quantitative estimate of drug-likeness (QED) is 0.215. The summed E-state index contributed by atoms with van der Waals surface area (Å²) < 4.78 is 12.3. The Morgan fingerprint density at radius 3 is 2.57 bits per heavy atom. The van der Waals surface area contributed by atoms with E-state index in [2.05, 4.69) is 20.1 Å². The van der Waals surface area contributed by atoms with E-state index in [4.69, 9.17) is 9.47 Å². The molecule has 0 aromatic rings. The van der Waals surface area contributed by atoms with E-state index in [1.165, 1.54) is 0 Å². The predicted molar refractivity (Wildman–Crippen MR) is 141 cm³/mol. The minimum Gasteiger partial charge on any atom is -0.465 e. The number of hydrogen-bond donors (Lipinski definition) is 1. The lowest BCUT2D eigenvalue weighted by Crippen LogP contribution is -2.59. The molecule has 1 spiro atoms.